The maximum absolute atomic E-state index is 12.7. The number of anilines is 3. The number of hydrogen-bond acceptors (Lipinski definition) is 8. The van der Waals surface area contributed by atoms with Crippen LogP contribution in [-0.4, -0.2) is 28.4 Å². The molecular formula is C23H17ClN6O2S2. The van der Waals surface area contributed by atoms with Gasteiger partial charge < -0.3 is 5.32 Å². The van der Waals surface area contributed by atoms with Crippen LogP contribution in [0.5, 0.6) is 0 Å². The second kappa shape index (κ2) is 8.98. The Morgan fingerprint density at radius 2 is 1.71 bits per heavy atom. The molecule has 5 aromatic rings. The summed E-state index contributed by atoms with van der Waals surface area (Å²) in [6.07, 6.45) is 3.00. The van der Waals surface area contributed by atoms with Crippen LogP contribution >= 0.6 is 22.9 Å². The zero-order valence-electron chi connectivity index (χ0n) is 17.7. The number of rotatable bonds is 6. The molecule has 170 valence electrons. The van der Waals surface area contributed by atoms with Crippen LogP contribution in [-0.2, 0) is 10.0 Å². The molecule has 0 radical (unpaired) electrons. The predicted molar refractivity (Wildman–Crippen MR) is 135 cm³/mol. The number of benzene rings is 2. The quantitative estimate of drug-likeness (QED) is 0.304. The predicted octanol–water partition coefficient (Wildman–Crippen LogP) is 5.65. The molecule has 0 saturated carbocycles. The summed E-state index contributed by atoms with van der Waals surface area (Å²) in [7, 11) is -3.83. The number of nitrogens with zero attached hydrogens (tertiary/aromatic N) is 4. The Kier molecular flexibility index (Phi) is 5.86. The smallest absolute Gasteiger partial charge is 0.264 e. The van der Waals surface area contributed by atoms with Gasteiger partial charge in [0.2, 0.25) is 5.95 Å². The Balaban J connectivity index is 1.42. The van der Waals surface area contributed by atoms with E-state index in [0.717, 1.165) is 21.3 Å². The summed E-state index contributed by atoms with van der Waals surface area (Å²) in [6, 6.07) is 15.6. The molecule has 0 aliphatic carbocycles. The van der Waals surface area contributed by atoms with E-state index >= 15 is 0 Å². The number of thiophene rings is 1. The highest BCUT2D eigenvalue weighted by molar-refractivity contribution is 7.92. The summed E-state index contributed by atoms with van der Waals surface area (Å²) >= 11 is 7.56. The fourth-order valence-corrected chi connectivity index (χ4v) is 5.34. The Bertz CT molecular complexity index is 1590. The minimum Gasteiger partial charge on any atom is -0.340 e. The second-order valence-corrected chi connectivity index (χ2v) is 10.3. The molecule has 0 amide bonds. The number of aromatic nitrogens is 4. The lowest BCUT2D eigenvalue weighted by Crippen LogP contribution is -2.15. The van der Waals surface area contributed by atoms with Crippen molar-refractivity contribution in [3.05, 3.63) is 83.2 Å². The second-order valence-electron chi connectivity index (χ2n) is 7.34. The van der Waals surface area contributed by atoms with Crippen LogP contribution in [0.3, 0.4) is 0 Å². The normalized spacial score (nSPS) is 11.5. The average molecular weight is 509 g/mol. The molecule has 0 aliphatic heterocycles. The van der Waals surface area contributed by atoms with Crippen molar-refractivity contribution in [2.24, 2.45) is 0 Å². The maximum Gasteiger partial charge on any atom is 0.264 e. The van der Waals surface area contributed by atoms with Gasteiger partial charge in [0.05, 0.1) is 10.3 Å². The van der Waals surface area contributed by atoms with E-state index in [0.29, 0.717) is 22.2 Å². The molecule has 3 aromatic heterocycles. The fourth-order valence-electron chi connectivity index (χ4n) is 3.34. The Morgan fingerprint density at radius 3 is 2.44 bits per heavy atom. The van der Waals surface area contributed by atoms with Crippen LogP contribution in [0.2, 0.25) is 5.02 Å². The molecule has 0 bridgehead atoms. The van der Waals surface area contributed by atoms with Crippen LogP contribution in [0.25, 0.3) is 21.3 Å². The van der Waals surface area contributed by atoms with Gasteiger partial charge in [0.15, 0.2) is 0 Å². The molecule has 34 heavy (non-hydrogen) atoms. The molecule has 0 fully saturated rings. The molecule has 0 aliphatic rings. The van der Waals surface area contributed by atoms with Gasteiger partial charge in [-0.1, -0.05) is 23.7 Å². The number of halogens is 1. The van der Waals surface area contributed by atoms with Gasteiger partial charge in [-0.3, -0.25) is 0 Å². The maximum atomic E-state index is 12.7. The van der Waals surface area contributed by atoms with Gasteiger partial charge in [-0.25, -0.2) is 33.1 Å². The fraction of sp³-hybridized carbons (Fsp3) is 0.0435. The van der Waals surface area contributed by atoms with E-state index < -0.39 is 10.0 Å². The van der Waals surface area contributed by atoms with Crippen molar-refractivity contribution in [3.8, 4) is 11.1 Å². The summed E-state index contributed by atoms with van der Waals surface area (Å²) in [5.74, 6) is 0.649. The summed E-state index contributed by atoms with van der Waals surface area (Å²) in [5, 5.41) is 6.85. The Morgan fingerprint density at radius 1 is 0.941 bits per heavy atom. The lowest BCUT2D eigenvalue weighted by molar-refractivity contribution is 0.601. The van der Waals surface area contributed by atoms with Gasteiger partial charge in [0.25, 0.3) is 10.0 Å². The monoisotopic (exact) mass is 508 g/mol. The van der Waals surface area contributed by atoms with E-state index in [1.807, 2.05) is 29.6 Å². The molecule has 2 N–H and O–H groups in total. The van der Waals surface area contributed by atoms with Gasteiger partial charge in [0.1, 0.15) is 17.0 Å². The Labute approximate surface area is 204 Å². The van der Waals surface area contributed by atoms with E-state index in [-0.39, 0.29) is 10.8 Å². The van der Waals surface area contributed by atoms with E-state index in [2.05, 4.69) is 30.0 Å². The molecule has 0 saturated heterocycles. The van der Waals surface area contributed by atoms with Gasteiger partial charge >= 0.3 is 0 Å². The van der Waals surface area contributed by atoms with E-state index in [4.69, 9.17) is 11.6 Å². The number of fused-ring (bicyclic) bond motifs is 1. The van der Waals surface area contributed by atoms with Crippen molar-refractivity contribution in [2.75, 3.05) is 10.0 Å². The highest BCUT2D eigenvalue weighted by Gasteiger charge is 2.17. The largest absolute Gasteiger partial charge is 0.340 e. The van der Waals surface area contributed by atoms with Gasteiger partial charge in [-0.05, 0) is 55.0 Å². The zero-order valence-corrected chi connectivity index (χ0v) is 20.1. The first-order chi connectivity index (χ1) is 16.4. The first kappa shape index (κ1) is 22.2. The third kappa shape index (κ3) is 4.56. The van der Waals surface area contributed by atoms with Crippen LogP contribution in [0, 0.1) is 6.92 Å². The minimum atomic E-state index is -3.83. The van der Waals surface area contributed by atoms with E-state index in [1.165, 1.54) is 36.0 Å². The summed E-state index contributed by atoms with van der Waals surface area (Å²) in [6.45, 7) is 1.76. The lowest BCUT2D eigenvalue weighted by atomic mass is 10.1. The van der Waals surface area contributed by atoms with Crippen LogP contribution in [0.4, 0.5) is 17.5 Å². The van der Waals surface area contributed by atoms with Crippen LogP contribution in [0.15, 0.2) is 77.4 Å². The molecule has 0 spiro atoms. The van der Waals surface area contributed by atoms with Crippen molar-refractivity contribution in [1.82, 2.24) is 19.9 Å². The average Bonchev–Trinajstić information content (AvgIpc) is 3.25. The number of aryl methyl sites for hydroxylation is 1. The highest BCUT2D eigenvalue weighted by Crippen LogP contribution is 2.37. The molecule has 11 heteroatoms. The third-order valence-corrected chi connectivity index (χ3v) is 7.46. The summed E-state index contributed by atoms with van der Waals surface area (Å²) in [5.41, 5.74) is 3.33. The van der Waals surface area contributed by atoms with Gasteiger partial charge in [-0.2, -0.15) is 0 Å². The molecule has 2 aromatic carbocycles. The van der Waals surface area contributed by atoms with E-state index in [9.17, 15) is 8.42 Å². The topological polar surface area (TPSA) is 110 Å². The van der Waals surface area contributed by atoms with Crippen molar-refractivity contribution >= 4 is 60.6 Å². The first-order valence-corrected chi connectivity index (χ1v) is 12.8. The van der Waals surface area contributed by atoms with Crippen LogP contribution in [0.1, 0.15) is 5.69 Å². The molecule has 0 atom stereocenters. The van der Waals surface area contributed by atoms with Crippen molar-refractivity contribution in [2.45, 2.75) is 11.8 Å². The SMILES string of the molecule is Cc1ccnc(NS(=O)(=O)c2ccc(Nc3ncnc4scc(-c5ccc(Cl)cc5)c34)cc2)n1. The third-order valence-electron chi connectivity index (χ3n) is 4.97. The highest BCUT2D eigenvalue weighted by atomic mass is 35.5. The minimum absolute atomic E-state index is 0.0257. The van der Waals surface area contributed by atoms with Crippen molar-refractivity contribution in [1.29, 1.82) is 0 Å². The van der Waals surface area contributed by atoms with Crippen LogP contribution < -0.4 is 10.0 Å². The molecule has 5 rings (SSSR count). The van der Waals surface area contributed by atoms with E-state index in [1.54, 1.807) is 25.1 Å². The standard InChI is InChI=1S/C23H17ClN6O2S2/c1-14-10-11-25-23(28-14)30-34(31,32)18-8-6-17(7-9-18)29-21-20-19(12-33-22(20)27-13-26-21)15-2-4-16(24)5-3-15/h2-13H,1H3,(H,25,28,30)(H,26,27,29). The Hall–Kier alpha value is -3.60. The molecule has 0 unspecified atom stereocenters. The lowest BCUT2D eigenvalue weighted by Gasteiger charge is -2.10. The number of hydrogen-bond donors (Lipinski definition) is 2. The first-order valence-electron chi connectivity index (χ1n) is 10.1. The zero-order chi connectivity index (χ0) is 23.7. The van der Waals surface area contributed by atoms with Gasteiger partial charge in [0, 0.05) is 33.5 Å². The van der Waals surface area contributed by atoms with Gasteiger partial charge in [-0.15, -0.1) is 11.3 Å². The molecular weight excluding hydrogens is 492 g/mol. The summed E-state index contributed by atoms with van der Waals surface area (Å²) < 4.78 is 27.8. The molecule has 3 heterocycles. The molecule has 8 nitrogen and oxygen atoms in total. The summed E-state index contributed by atoms with van der Waals surface area (Å²) in [4.78, 5) is 17.8. The van der Waals surface area contributed by atoms with Crippen molar-refractivity contribution < 1.29 is 8.42 Å². The number of nitrogens with one attached hydrogen (secondary N) is 2. The number of sulfonamides is 1. The van der Waals surface area contributed by atoms with Crippen molar-refractivity contribution in [3.63, 3.8) is 0 Å².